The lowest BCUT2D eigenvalue weighted by Crippen LogP contribution is -2.19. The van der Waals surface area contributed by atoms with E-state index < -0.39 is 0 Å². The van der Waals surface area contributed by atoms with Gasteiger partial charge in [-0.05, 0) is 54.7 Å². The van der Waals surface area contributed by atoms with E-state index in [1.807, 2.05) is 13.8 Å². The van der Waals surface area contributed by atoms with E-state index in [1.54, 1.807) is 0 Å². The molecule has 2 rings (SSSR count). The summed E-state index contributed by atoms with van der Waals surface area (Å²) >= 11 is 0. The molecular formula is C24H38. The van der Waals surface area contributed by atoms with Gasteiger partial charge in [-0.15, -0.1) is 0 Å². The lowest BCUT2D eigenvalue weighted by atomic mass is 9.77. The van der Waals surface area contributed by atoms with Crippen molar-refractivity contribution in [3.05, 3.63) is 59.2 Å². The van der Waals surface area contributed by atoms with Gasteiger partial charge in [0, 0.05) is 5.41 Å². The zero-order valence-electron chi connectivity index (χ0n) is 17.2. The Morgan fingerprint density at radius 1 is 1.04 bits per heavy atom. The second kappa shape index (κ2) is 9.25. The average molecular weight is 327 g/mol. The summed E-state index contributed by atoms with van der Waals surface area (Å²) in [4.78, 5) is 0. The van der Waals surface area contributed by atoms with Crippen LogP contribution in [0, 0.1) is 17.8 Å². The fourth-order valence-electron chi connectivity index (χ4n) is 3.99. The van der Waals surface area contributed by atoms with E-state index in [-0.39, 0.29) is 5.41 Å². The highest BCUT2D eigenvalue weighted by molar-refractivity contribution is 5.40. The van der Waals surface area contributed by atoms with Crippen molar-refractivity contribution in [2.75, 3.05) is 0 Å². The van der Waals surface area contributed by atoms with Crippen LogP contribution in [0.2, 0.25) is 0 Å². The maximum atomic E-state index is 2.41. The summed E-state index contributed by atoms with van der Waals surface area (Å²) in [7, 11) is 0. The number of hydrogen-bond acceptors (Lipinski definition) is 0. The van der Waals surface area contributed by atoms with Crippen molar-refractivity contribution >= 4 is 0 Å². The van der Waals surface area contributed by atoms with Crippen molar-refractivity contribution < 1.29 is 0 Å². The third-order valence-corrected chi connectivity index (χ3v) is 5.76. The van der Waals surface area contributed by atoms with Gasteiger partial charge in [-0.25, -0.2) is 0 Å². The molecule has 3 unspecified atom stereocenters. The SMILES string of the molecule is C/C=C\C(=C/C)C(C)(C)c1ccc(CC2C(C)C2CC)cc1.CC. The van der Waals surface area contributed by atoms with E-state index in [2.05, 4.69) is 84.0 Å². The highest BCUT2D eigenvalue weighted by atomic mass is 14.5. The van der Waals surface area contributed by atoms with Gasteiger partial charge in [-0.2, -0.15) is 0 Å². The zero-order valence-corrected chi connectivity index (χ0v) is 17.2. The summed E-state index contributed by atoms with van der Waals surface area (Å²) in [6.07, 6.45) is 9.18. The van der Waals surface area contributed by atoms with Crippen molar-refractivity contribution in [2.24, 2.45) is 17.8 Å². The number of rotatable bonds is 6. The maximum Gasteiger partial charge on any atom is 0.0143 e. The minimum atomic E-state index is 0.0681. The number of hydrogen-bond donors (Lipinski definition) is 0. The van der Waals surface area contributed by atoms with Gasteiger partial charge in [0.25, 0.3) is 0 Å². The third-order valence-electron chi connectivity index (χ3n) is 5.76. The van der Waals surface area contributed by atoms with Crippen molar-refractivity contribution in [1.82, 2.24) is 0 Å². The average Bonchev–Trinajstić information content (AvgIpc) is 3.22. The molecule has 0 aromatic heterocycles. The normalized spacial score (nSPS) is 23.8. The fraction of sp³-hybridized carbons (Fsp3) is 0.583. The third kappa shape index (κ3) is 4.62. The summed E-state index contributed by atoms with van der Waals surface area (Å²) in [5.74, 6) is 2.80. The smallest absolute Gasteiger partial charge is 0.0143 e. The van der Waals surface area contributed by atoms with Crippen LogP contribution in [0.4, 0.5) is 0 Å². The molecule has 0 radical (unpaired) electrons. The molecule has 0 heterocycles. The molecule has 0 spiro atoms. The van der Waals surface area contributed by atoms with Gasteiger partial charge in [0.15, 0.2) is 0 Å². The predicted molar refractivity (Wildman–Crippen MR) is 110 cm³/mol. The fourth-order valence-corrected chi connectivity index (χ4v) is 3.99. The lowest BCUT2D eigenvalue weighted by molar-refractivity contribution is 0.636. The van der Waals surface area contributed by atoms with E-state index in [1.165, 1.54) is 29.5 Å². The molecule has 1 fully saturated rings. The van der Waals surface area contributed by atoms with Crippen LogP contribution in [0.5, 0.6) is 0 Å². The largest absolute Gasteiger partial charge is 0.0874 e. The molecule has 0 amide bonds. The highest BCUT2D eigenvalue weighted by Gasteiger charge is 2.44. The Kier molecular flexibility index (Phi) is 8.00. The van der Waals surface area contributed by atoms with Crippen molar-refractivity contribution in [1.29, 1.82) is 0 Å². The van der Waals surface area contributed by atoms with Gasteiger partial charge in [-0.1, -0.05) is 90.5 Å². The van der Waals surface area contributed by atoms with Crippen LogP contribution in [-0.4, -0.2) is 0 Å². The molecule has 1 aromatic rings. The molecule has 1 aromatic carbocycles. The van der Waals surface area contributed by atoms with E-state index >= 15 is 0 Å². The van der Waals surface area contributed by atoms with Crippen molar-refractivity contribution in [2.45, 2.75) is 73.6 Å². The molecule has 134 valence electrons. The van der Waals surface area contributed by atoms with Crippen LogP contribution in [0.3, 0.4) is 0 Å². The summed E-state index contributed by atoms with van der Waals surface area (Å²) in [5, 5.41) is 0. The molecule has 0 heteroatoms. The number of allylic oxidation sites excluding steroid dienone is 4. The van der Waals surface area contributed by atoms with Gasteiger partial charge >= 0.3 is 0 Å². The topological polar surface area (TPSA) is 0 Å². The van der Waals surface area contributed by atoms with E-state index in [0.29, 0.717) is 0 Å². The Morgan fingerprint density at radius 3 is 2.04 bits per heavy atom. The van der Waals surface area contributed by atoms with Crippen LogP contribution in [0.25, 0.3) is 0 Å². The first-order chi connectivity index (χ1) is 11.5. The molecule has 1 aliphatic rings. The summed E-state index contributed by atoms with van der Waals surface area (Å²) in [6, 6.07) is 9.35. The van der Waals surface area contributed by atoms with E-state index in [9.17, 15) is 0 Å². The lowest BCUT2D eigenvalue weighted by Gasteiger charge is -2.27. The van der Waals surface area contributed by atoms with E-state index in [0.717, 1.165) is 17.8 Å². The van der Waals surface area contributed by atoms with Crippen LogP contribution >= 0.6 is 0 Å². The Balaban J connectivity index is 0.00000139. The number of benzene rings is 1. The minimum absolute atomic E-state index is 0.0681. The van der Waals surface area contributed by atoms with Crippen LogP contribution in [0.15, 0.2) is 48.1 Å². The second-order valence-electron chi connectivity index (χ2n) is 7.37. The van der Waals surface area contributed by atoms with Gasteiger partial charge in [0.1, 0.15) is 0 Å². The highest BCUT2D eigenvalue weighted by Crippen LogP contribution is 2.49. The molecule has 1 aliphatic carbocycles. The molecule has 1 saturated carbocycles. The first-order valence-electron chi connectivity index (χ1n) is 9.84. The molecule has 0 aliphatic heterocycles. The van der Waals surface area contributed by atoms with Crippen LogP contribution in [0.1, 0.15) is 72.9 Å². The Hall–Kier alpha value is -1.30. The Bertz CT molecular complexity index is 542. The van der Waals surface area contributed by atoms with Crippen LogP contribution in [-0.2, 0) is 11.8 Å². The summed E-state index contributed by atoms with van der Waals surface area (Å²) in [5.41, 5.74) is 4.35. The molecule has 0 N–H and O–H groups in total. The predicted octanol–water partition coefficient (Wildman–Crippen LogP) is 7.35. The second-order valence-corrected chi connectivity index (χ2v) is 7.37. The molecule has 24 heavy (non-hydrogen) atoms. The van der Waals surface area contributed by atoms with Gasteiger partial charge < -0.3 is 0 Å². The van der Waals surface area contributed by atoms with Gasteiger partial charge in [0.2, 0.25) is 0 Å². The molecule has 0 saturated heterocycles. The minimum Gasteiger partial charge on any atom is -0.0874 e. The van der Waals surface area contributed by atoms with Crippen LogP contribution < -0.4 is 0 Å². The summed E-state index contributed by atoms with van der Waals surface area (Å²) in [6.45, 7) is 17.6. The van der Waals surface area contributed by atoms with Crippen molar-refractivity contribution in [3.63, 3.8) is 0 Å². The first kappa shape index (κ1) is 20.7. The molecular weight excluding hydrogens is 288 g/mol. The van der Waals surface area contributed by atoms with Gasteiger partial charge in [-0.3, -0.25) is 0 Å². The quantitative estimate of drug-likeness (QED) is 0.479. The summed E-state index contributed by atoms with van der Waals surface area (Å²) < 4.78 is 0. The van der Waals surface area contributed by atoms with Crippen molar-refractivity contribution in [3.8, 4) is 0 Å². The molecule has 3 atom stereocenters. The van der Waals surface area contributed by atoms with Gasteiger partial charge in [0.05, 0.1) is 0 Å². The molecule has 0 nitrogen and oxygen atoms in total. The first-order valence-corrected chi connectivity index (χ1v) is 9.84. The monoisotopic (exact) mass is 326 g/mol. The maximum absolute atomic E-state index is 2.41. The van der Waals surface area contributed by atoms with E-state index in [4.69, 9.17) is 0 Å². The standard InChI is InChI=1S/C22H32.C2H6/c1-7-10-18(8-2)22(5,6)19-13-11-17(12-14-19)15-21-16(4)20(21)9-3;1-2/h7-8,10-14,16,20-21H,9,15H2,1-6H3;1-2H3/b10-7-,18-8+;. The molecule has 0 bridgehead atoms. The Labute approximate surface area is 151 Å². The Morgan fingerprint density at radius 2 is 1.62 bits per heavy atom. The zero-order chi connectivity index (χ0) is 18.3.